The van der Waals surface area contributed by atoms with Crippen molar-refractivity contribution in [2.24, 2.45) is 0 Å². The Morgan fingerprint density at radius 2 is 2.27 bits per heavy atom. The zero-order valence-electron chi connectivity index (χ0n) is 5.53. The summed E-state index contributed by atoms with van der Waals surface area (Å²) in [4.78, 5) is 22.7. The van der Waals surface area contributed by atoms with Crippen molar-refractivity contribution in [3.63, 3.8) is 0 Å². The number of thioether (sulfide) groups is 1. The first kappa shape index (κ1) is 6.67. The van der Waals surface area contributed by atoms with E-state index in [1.807, 2.05) is 0 Å². The third kappa shape index (κ3) is 0.991. The standard InChI is InChI=1S/C7H5NO2S/c9-4-2-1-3-5-6(4)8-7(10)11-5/h1-3,6H,(H,8,10). The Balaban J connectivity index is 2.35. The van der Waals surface area contributed by atoms with Gasteiger partial charge in [-0.3, -0.25) is 9.59 Å². The molecule has 1 atom stereocenters. The third-order valence-electron chi connectivity index (χ3n) is 1.56. The van der Waals surface area contributed by atoms with Gasteiger partial charge in [-0.05, 0) is 23.9 Å². The fourth-order valence-electron chi connectivity index (χ4n) is 1.06. The number of fused-ring (bicyclic) bond motifs is 1. The number of ketones is 1. The summed E-state index contributed by atoms with van der Waals surface area (Å²) >= 11 is 1.09. The van der Waals surface area contributed by atoms with Gasteiger partial charge in [-0.1, -0.05) is 6.08 Å². The van der Waals surface area contributed by atoms with E-state index in [0.29, 0.717) is 0 Å². The fourth-order valence-corrected chi connectivity index (χ4v) is 1.89. The van der Waals surface area contributed by atoms with Gasteiger partial charge >= 0.3 is 0 Å². The second-order valence-corrected chi connectivity index (χ2v) is 3.34. The number of rotatable bonds is 0. The topological polar surface area (TPSA) is 46.2 Å². The van der Waals surface area contributed by atoms with Crippen LogP contribution in [0.1, 0.15) is 0 Å². The van der Waals surface area contributed by atoms with E-state index >= 15 is 0 Å². The third-order valence-corrected chi connectivity index (χ3v) is 2.47. The van der Waals surface area contributed by atoms with Gasteiger partial charge in [0.2, 0.25) is 0 Å². The molecule has 2 aliphatic rings. The zero-order chi connectivity index (χ0) is 7.84. The fraction of sp³-hybridized carbons (Fsp3) is 0.143. The molecule has 1 fully saturated rings. The van der Waals surface area contributed by atoms with Gasteiger partial charge in [0, 0.05) is 4.91 Å². The first-order valence-corrected chi connectivity index (χ1v) is 3.99. The van der Waals surface area contributed by atoms with Crippen LogP contribution in [0.25, 0.3) is 0 Å². The van der Waals surface area contributed by atoms with E-state index in [9.17, 15) is 9.59 Å². The normalized spacial score (nSPS) is 28.0. The van der Waals surface area contributed by atoms with Crippen LogP contribution in [-0.4, -0.2) is 17.1 Å². The average Bonchev–Trinajstić information content (AvgIpc) is 2.31. The summed E-state index contributed by atoms with van der Waals surface area (Å²) < 4.78 is 0. The zero-order valence-corrected chi connectivity index (χ0v) is 6.35. The number of amides is 1. The number of carbonyl (C=O) groups is 2. The summed E-state index contributed by atoms with van der Waals surface area (Å²) in [6.07, 6.45) is 4.93. The molecule has 0 saturated carbocycles. The largest absolute Gasteiger partial charge is 0.332 e. The quantitative estimate of drug-likeness (QED) is 0.581. The Hall–Kier alpha value is -1.03. The molecule has 1 saturated heterocycles. The van der Waals surface area contributed by atoms with E-state index in [1.165, 1.54) is 6.08 Å². The SMILES string of the molecule is O=C1NC2C(=O)C=CC=C2S1. The Morgan fingerprint density at radius 1 is 1.45 bits per heavy atom. The maximum Gasteiger partial charge on any atom is 0.284 e. The smallest absolute Gasteiger partial charge is 0.284 e. The summed E-state index contributed by atoms with van der Waals surface area (Å²) in [5.41, 5.74) is 0. The highest BCUT2D eigenvalue weighted by molar-refractivity contribution is 8.17. The van der Waals surface area contributed by atoms with Crippen LogP contribution in [0.4, 0.5) is 4.79 Å². The van der Waals surface area contributed by atoms with Gasteiger partial charge in [0.25, 0.3) is 5.24 Å². The van der Waals surface area contributed by atoms with E-state index < -0.39 is 6.04 Å². The van der Waals surface area contributed by atoms with Crippen molar-refractivity contribution in [1.82, 2.24) is 5.32 Å². The van der Waals surface area contributed by atoms with Crippen LogP contribution in [-0.2, 0) is 4.79 Å². The molecule has 1 aliphatic heterocycles. The molecule has 0 aromatic rings. The molecule has 56 valence electrons. The van der Waals surface area contributed by atoms with Crippen LogP contribution in [0.3, 0.4) is 0 Å². The van der Waals surface area contributed by atoms with Gasteiger partial charge in [0.15, 0.2) is 5.78 Å². The lowest BCUT2D eigenvalue weighted by atomic mass is 10.1. The van der Waals surface area contributed by atoms with Crippen LogP contribution >= 0.6 is 11.8 Å². The van der Waals surface area contributed by atoms with Crippen molar-refractivity contribution in [3.8, 4) is 0 Å². The predicted octanol–water partition coefficient (Wildman–Crippen LogP) is 0.834. The molecule has 1 unspecified atom stereocenters. The van der Waals surface area contributed by atoms with Crippen molar-refractivity contribution >= 4 is 22.8 Å². The highest BCUT2D eigenvalue weighted by Gasteiger charge is 2.32. The molecule has 1 amide bonds. The summed E-state index contributed by atoms with van der Waals surface area (Å²) in [5.74, 6) is -0.0409. The van der Waals surface area contributed by atoms with Gasteiger partial charge in [-0.2, -0.15) is 0 Å². The first-order valence-electron chi connectivity index (χ1n) is 3.18. The molecule has 0 spiro atoms. The molecule has 0 radical (unpaired) electrons. The molecular formula is C7H5NO2S. The molecule has 4 heteroatoms. The van der Waals surface area contributed by atoms with Crippen LogP contribution in [0.5, 0.6) is 0 Å². The molecule has 3 nitrogen and oxygen atoms in total. The molecule has 0 aromatic carbocycles. The first-order chi connectivity index (χ1) is 5.27. The summed E-state index contributed by atoms with van der Waals surface area (Å²) in [6.45, 7) is 0. The number of carbonyl (C=O) groups excluding carboxylic acids is 2. The minimum atomic E-state index is -0.391. The Morgan fingerprint density at radius 3 is 3.00 bits per heavy atom. The van der Waals surface area contributed by atoms with Gasteiger partial charge < -0.3 is 5.32 Å². The van der Waals surface area contributed by atoms with Crippen LogP contribution in [0.2, 0.25) is 0 Å². The van der Waals surface area contributed by atoms with Crippen molar-refractivity contribution < 1.29 is 9.59 Å². The number of nitrogens with one attached hydrogen (secondary N) is 1. The van der Waals surface area contributed by atoms with Crippen molar-refractivity contribution in [3.05, 3.63) is 23.1 Å². The van der Waals surface area contributed by atoms with Gasteiger partial charge in [-0.25, -0.2) is 0 Å². The van der Waals surface area contributed by atoms with Crippen molar-refractivity contribution in [2.45, 2.75) is 6.04 Å². The molecule has 1 heterocycles. The highest BCUT2D eigenvalue weighted by atomic mass is 32.2. The maximum absolute atomic E-state index is 11.1. The summed E-state index contributed by atoms with van der Waals surface area (Å²) in [5, 5.41) is 2.42. The Labute approximate surface area is 67.5 Å². The van der Waals surface area contributed by atoms with Gasteiger partial charge in [-0.15, -0.1) is 0 Å². The molecule has 2 rings (SSSR count). The van der Waals surface area contributed by atoms with E-state index in [2.05, 4.69) is 5.32 Å². The van der Waals surface area contributed by atoms with Crippen LogP contribution < -0.4 is 5.32 Å². The number of hydrogen-bond donors (Lipinski definition) is 1. The Kier molecular flexibility index (Phi) is 1.35. The molecule has 0 bridgehead atoms. The van der Waals surface area contributed by atoms with E-state index in [-0.39, 0.29) is 11.0 Å². The van der Waals surface area contributed by atoms with Crippen LogP contribution in [0, 0.1) is 0 Å². The molecular weight excluding hydrogens is 162 g/mol. The minimum absolute atomic E-state index is 0.0409. The predicted molar refractivity (Wildman–Crippen MR) is 42.1 cm³/mol. The lowest BCUT2D eigenvalue weighted by Gasteiger charge is -2.08. The second-order valence-electron chi connectivity index (χ2n) is 2.30. The number of allylic oxidation sites excluding steroid dienone is 2. The van der Waals surface area contributed by atoms with Crippen molar-refractivity contribution in [2.75, 3.05) is 0 Å². The maximum atomic E-state index is 11.1. The second kappa shape index (κ2) is 2.23. The molecule has 11 heavy (non-hydrogen) atoms. The van der Waals surface area contributed by atoms with E-state index in [1.54, 1.807) is 12.2 Å². The molecule has 1 N–H and O–H groups in total. The molecule has 1 aliphatic carbocycles. The lowest BCUT2D eigenvalue weighted by molar-refractivity contribution is -0.115. The van der Waals surface area contributed by atoms with Gasteiger partial charge in [0.1, 0.15) is 6.04 Å². The average molecular weight is 167 g/mol. The Bertz CT molecular complexity index is 293. The van der Waals surface area contributed by atoms with Crippen molar-refractivity contribution in [1.29, 1.82) is 0 Å². The monoisotopic (exact) mass is 167 g/mol. The highest BCUT2D eigenvalue weighted by Crippen LogP contribution is 2.29. The molecule has 0 aromatic heterocycles. The summed E-state index contributed by atoms with van der Waals surface area (Å²) in [7, 11) is 0. The van der Waals surface area contributed by atoms with E-state index in [0.717, 1.165) is 16.7 Å². The lowest BCUT2D eigenvalue weighted by Crippen LogP contribution is -2.33. The minimum Gasteiger partial charge on any atom is -0.332 e. The van der Waals surface area contributed by atoms with Gasteiger partial charge in [0.05, 0.1) is 0 Å². The van der Waals surface area contributed by atoms with E-state index in [4.69, 9.17) is 0 Å². The summed E-state index contributed by atoms with van der Waals surface area (Å²) in [6, 6.07) is -0.391. The van der Waals surface area contributed by atoms with Crippen LogP contribution in [0.15, 0.2) is 23.1 Å². The number of hydrogen-bond acceptors (Lipinski definition) is 3.